The van der Waals surface area contributed by atoms with Crippen LogP contribution >= 0.6 is 0 Å². The van der Waals surface area contributed by atoms with Gasteiger partial charge in [-0.15, -0.1) is 0 Å². The summed E-state index contributed by atoms with van der Waals surface area (Å²) in [6.45, 7) is 14.5. The van der Waals surface area contributed by atoms with Gasteiger partial charge in [0.15, 0.2) is 5.78 Å². The Morgan fingerprint density at radius 2 is 1.90 bits per heavy atom. The normalized spacial score (nSPS) is 41.9. The van der Waals surface area contributed by atoms with E-state index in [0.29, 0.717) is 11.3 Å². The molecule has 4 aliphatic carbocycles. The van der Waals surface area contributed by atoms with Crippen LogP contribution in [0.2, 0.25) is 0 Å². The molecule has 1 heteroatoms. The Morgan fingerprint density at radius 3 is 2.60 bits per heavy atom. The molecule has 3 fully saturated rings. The molecule has 0 saturated heterocycles. The first-order chi connectivity index (χ1) is 14.2. The lowest BCUT2D eigenvalue weighted by Crippen LogP contribution is -2.50. The van der Waals surface area contributed by atoms with Crippen LogP contribution in [0.5, 0.6) is 0 Å². The average Bonchev–Trinajstić information content (AvgIpc) is 3.06. The van der Waals surface area contributed by atoms with E-state index in [1.54, 1.807) is 5.57 Å². The number of hydrogen-bond acceptors (Lipinski definition) is 1. The molecule has 0 aromatic heterocycles. The molecular formula is C29H44O. The van der Waals surface area contributed by atoms with Gasteiger partial charge in [-0.2, -0.15) is 0 Å². The first kappa shape index (κ1) is 22.1. The minimum Gasteiger partial charge on any atom is -0.290 e. The molecule has 0 heterocycles. The number of ketones is 1. The largest absolute Gasteiger partial charge is 0.290 e. The Kier molecular flexibility index (Phi) is 5.97. The summed E-state index contributed by atoms with van der Waals surface area (Å²) in [6, 6.07) is 0. The summed E-state index contributed by atoms with van der Waals surface area (Å²) in [5.74, 6) is 5.09. The van der Waals surface area contributed by atoms with Crippen LogP contribution in [0, 0.1) is 46.3 Å². The van der Waals surface area contributed by atoms with Crippen molar-refractivity contribution in [2.75, 3.05) is 0 Å². The zero-order valence-corrected chi connectivity index (χ0v) is 20.3. The molecule has 7 unspecified atom stereocenters. The van der Waals surface area contributed by atoms with Gasteiger partial charge in [-0.3, -0.25) is 4.79 Å². The third-order valence-corrected chi connectivity index (χ3v) is 10.3. The van der Waals surface area contributed by atoms with Crippen molar-refractivity contribution in [1.82, 2.24) is 0 Å². The number of allylic oxidation sites excluding steroid dienone is 6. The lowest BCUT2D eigenvalue weighted by atomic mass is 9.47. The predicted molar refractivity (Wildman–Crippen MR) is 127 cm³/mol. The van der Waals surface area contributed by atoms with Crippen molar-refractivity contribution in [1.29, 1.82) is 0 Å². The van der Waals surface area contributed by atoms with Crippen molar-refractivity contribution in [3.05, 3.63) is 35.5 Å². The first-order valence-electron chi connectivity index (χ1n) is 12.8. The third-order valence-electron chi connectivity index (χ3n) is 10.3. The standard InChI is InChI=1S/C29H44O/c1-7-21(19(2)3)9-8-20(4)25-12-13-26-24-11-10-22-18-23(30)14-16-28(22,5)27(24)15-17-29(25,26)6/h7,14,16,18-20,24-27H,8-13,15,17H2,1-6H3. The Bertz CT molecular complexity index is 767. The van der Waals surface area contributed by atoms with Gasteiger partial charge in [-0.05, 0) is 111 Å². The monoisotopic (exact) mass is 408 g/mol. The van der Waals surface area contributed by atoms with Gasteiger partial charge in [0, 0.05) is 5.41 Å². The van der Waals surface area contributed by atoms with E-state index in [9.17, 15) is 4.79 Å². The van der Waals surface area contributed by atoms with Crippen LogP contribution < -0.4 is 0 Å². The van der Waals surface area contributed by atoms with E-state index >= 15 is 0 Å². The number of carbonyl (C=O) groups is 1. The van der Waals surface area contributed by atoms with E-state index in [1.807, 2.05) is 12.2 Å². The fourth-order valence-electron chi connectivity index (χ4n) is 8.53. The van der Waals surface area contributed by atoms with Gasteiger partial charge in [-0.25, -0.2) is 0 Å². The summed E-state index contributed by atoms with van der Waals surface area (Å²) in [7, 11) is 0. The molecule has 0 aromatic rings. The molecular weight excluding hydrogens is 364 g/mol. The van der Waals surface area contributed by atoms with Crippen molar-refractivity contribution in [3.63, 3.8) is 0 Å². The van der Waals surface area contributed by atoms with Crippen LogP contribution in [-0.4, -0.2) is 5.78 Å². The number of rotatable bonds is 5. The van der Waals surface area contributed by atoms with Crippen molar-refractivity contribution < 1.29 is 4.79 Å². The molecule has 4 aliphatic rings. The summed E-state index contributed by atoms with van der Waals surface area (Å²) >= 11 is 0. The van der Waals surface area contributed by atoms with Gasteiger partial charge in [-0.1, -0.05) is 57.9 Å². The molecule has 0 aliphatic heterocycles. The van der Waals surface area contributed by atoms with Gasteiger partial charge < -0.3 is 0 Å². The van der Waals surface area contributed by atoms with Gasteiger partial charge in [0.1, 0.15) is 0 Å². The summed E-state index contributed by atoms with van der Waals surface area (Å²) < 4.78 is 0. The number of fused-ring (bicyclic) bond motifs is 5. The van der Waals surface area contributed by atoms with E-state index in [1.165, 1.54) is 50.5 Å². The third kappa shape index (κ3) is 3.49. The van der Waals surface area contributed by atoms with Crippen molar-refractivity contribution in [3.8, 4) is 0 Å². The predicted octanol–water partition coefficient (Wildman–Crippen LogP) is 7.93. The lowest BCUT2D eigenvalue weighted by molar-refractivity contribution is -0.111. The molecule has 4 rings (SSSR count). The van der Waals surface area contributed by atoms with Crippen LogP contribution in [0.3, 0.4) is 0 Å². The highest BCUT2D eigenvalue weighted by Gasteiger charge is 2.58. The summed E-state index contributed by atoms with van der Waals surface area (Å²) in [5.41, 5.74) is 3.74. The van der Waals surface area contributed by atoms with Crippen LogP contribution in [0.25, 0.3) is 0 Å². The lowest BCUT2D eigenvalue weighted by Gasteiger charge is -2.57. The summed E-state index contributed by atoms with van der Waals surface area (Å²) in [5, 5.41) is 0. The van der Waals surface area contributed by atoms with E-state index in [4.69, 9.17) is 0 Å². The fourth-order valence-corrected chi connectivity index (χ4v) is 8.53. The molecule has 0 amide bonds. The van der Waals surface area contributed by atoms with Crippen LogP contribution in [0.4, 0.5) is 0 Å². The topological polar surface area (TPSA) is 17.1 Å². The SMILES string of the molecule is CC=C(CCC(C)C1CCC2C3CCC4=CC(=O)C=CC4(C)C3CCC12C)C(C)C. The molecule has 166 valence electrons. The molecule has 3 saturated carbocycles. The van der Waals surface area contributed by atoms with E-state index in [0.717, 1.165) is 36.0 Å². The van der Waals surface area contributed by atoms with Gasteiger partial charge in [0.25, 0.3) is 0 Å². The molecule has 30 heavy (non-hydrogen) atoms. The highest BCUT2D eigenvalue weighted by Crippen LogP contribution is 2.67. The van der Waals surface area contributed by atoms with E-state index in [-0.39, 0.29) is 11.2 Å². The molecule has 0 bridgehead atoms. The Balaban J connectivity index is 1.50. The minimum atomic E-state index is 0.139. The quantitative estimate of drug-likeness (QED) is 0.422. The van der Waals surface area contributed by atoms with Crippen LogP contribution in [0.1, 0.15) is 92.9 Å². The average molecular weight is 409 g/mol. The number of hydrogen-bond donors (Lipinski definition) is 0. The molecule has 1 nitrogen and oxygen atoms in total. The molecule has 0 radical (unpaired) electrons. The Labute approximate surface area is 185 Å². The second kappa shape index (κ2) is 8.10. The second-order valence-electron chi connectivity index (χ2n) is 11.9. The maximum absolute atomic E-state index is 12.0. The molecule has 0 N–H and O–H groups in total. The van der Waals surface area contributed by atoms with Crippen LogP contribution in [-0.2, 0) is 4.79 Å². The van der Waals surface area contributed by atoms with Crippen molar-refractivity contribution in [2.24, 2.45) is 46.3 Å². The van der Waals surface area contributed by atoms with Gasteiger partial charge in [0.2, 0.25) is 0 Å². The van der Waals surface area contributed by atoms with E-state index < -0.39 is 0 Å². The molecule has 0 aromatic carbocycles. The maximum atomic E-state index is 12.0. The van der Waals surface area contributed by atoms with Gasteiger partial charge >= 0.3 is 0 Å². The maximum Gasteiger partial charge on any atom is 0.178 e. The second-order valence-corrected chi connectivity index (χ2v) is 11.9. The Hall–Kier alpha value is -1.11. The number of carbonyl (C=O) groups excluding carboxylic acids is 1. The Morgan fingerprint density at radius 1 is 1.13 bits per heavy atom. The fraction of sp³-hybridized carbons (Fsp3) is 0.759. The smallest absolute Gasteiger partial charge is 0.178 e. The zero-order chi connectivity index (χ0) is 21.7. The molecule has 0 spiro atoms. The highest BCUT2D eigenvalue weighted by atomic mass is 16.1. The van der Waals surface area contributed by atoms with Crippen LogP contribution in [0.15, 0.2) is 35.5 Å². The minimum absolute atomic E-state index is 0.139. The van der Waals surface area contributed by atoms with Gasteiger partial charge in [0.05, 0.1) is 0 Å². The van der Waals surface area contributed by atoms with Crippen molar-refractivity contribution >= 4 is 5.78 Å². The summed E-state index contributed by atoms with van der Waals surface area (Å²) in [4.78, 5) is 12.0. The highest BCUT2D eigenvalue weighted by molar-refractivity contribution is 6.01. The van der Waals surface area contributed by atoms with E-state index in [2.05, 4.69) is 53.7 Å². The first-order valence-corrected chi connectivity index (χ1v) is 12.8. The van der Waals surface area contributed by atoms with Crippen molar-refractivity contribution in [2.45, 2.75) is 92.9 Å². The summed E-state index contributed by atoms with van der Waals surface area (Å²) in [6.07, 6.45) is 19.2. The zero-order valence-electron chi connectivity index (χ0n) is 20.3. The molecule has 7 atom stereocenters.